The van der Waals surface area contributed by atoms with Gasteiger partial charge in [0.25, 0.3) is 5.91 Å². The van der Waals surface area contributed by atoms with Crippen LogP contribution in [0.15, 0.2) is 36.9 Å². The molecule has 174 valence electrons. The third-order valence-electron chi connectivity index (χ3n) is 5.39. The summed E-state index contributed by atoms with van der Waals surface area (Å²) in [4.78, 5) is 47.2. The van der Waals surface area contributed by atoms with Crippen molar-refractivity contribution in [2.24, 2.45) is 0 Å². The maximum Gasteiger partial charge on any atom is 0.269 e. The van der Waals surface area contributed by atoms with E-state index in [2.05, 4.69) is 21.9 Å². The number of carbonyl (C=O) groups excluding carboxylic acids is 3. The summed E-state index contributed by atoms with van der Waals surface area (Å²) in [5, 5.41) is 2.43. The Morgan fingerprint density at radius 2 is 1.94 bits per heavy atom. The number of halogens is 3. The molecule has 0 aromatic carbocycles. The highest BCUT2D eigenvalue weighted by Gasteiger charge is 2.38. The van der Waals surface area contributed by atoms with Gasteiger partial charge in [0, 0.05) is 38.7 Å². The zero-order valence-electron chi connectivity index (χ0n) is 18.0. The third kappa shape index (κ3) is 5.16. The monoisotopic (exact) mass is 477 g/mol. The van der Waals surface area contributed by atoms with Crippen LogP contribution in [0, 0.1) is 5.95 Å². The van der Waals surface area contributed by atoms with Gasteiger partial charge in [-0.05, 0) is 29.8 Å². The minimum absolute atomic E-state index is 0.00694. The molecule has 2 atom stereocenters. The van der Waals surface area contributed by atoms with Crippen LogP contribution in [0.3, 0.4) is 0 Å². The topological polar surface area (TPSA) is 95.5 Å². The van der Waals surface area contributed by atoms with Crippen molar-refractivity contribution < 1.29 is 23.2 Å². The second-order valence-electron chi connectivity index (χ2n) is 7.44. The van der Waals surface area contributed by atoms with Gasteiger partial charge in [-0.15, -0.1) is 0 Å². The Morgan fingerprint density at radius 3 is 2.55 bits per heavy atom. The predicted octanol–water partition coefficient (Wildman–Crippen LogP) is 2.55. The molecule has 8 nitrogen and oxygen atoms in total. The SMILES string of the molecule is C=CC(=O)N1C[C@@H](c2cc(Cl)nc(-c3cc(F)nc(C(=O)NC)c3)c2)N(C(C)=O)C[C@@H]1CF. The lowest BCUT2D eigenvalue weighted by atomic mass is 9.98. The summed E-state index contributed by atoms with van der Waals surface area (Å²) >= 11 is 6.24. The Morgan fingerprint density at radius 1 is 1.21 bits per heavy atom. The highest BCUT2D eigenvalue weighted by atomic mass is 35.5. The first-order chi connectivity index (χ1) is 15.7. The van der Waals surface area contributed by atoms with Crippen molar-refractivity contribution >= 4 is 29.3 Å². The van der Waals surface area contributed by atoms with Gasteiger partial charge in [-0.1, -0.05) is 18.2 Å². The highest BCUT2D eigenvalue weighted by molar-refractivity contribution is 6.29. The van der Waals surface area contributed by atoms with E-state index in [1.54, 1.807) is 6.07 Å². The van der Waals surface area contributed by atoms with Gasteiger partial charge in [0.2, 0.25) is 17.8 Å². The molecule has 1 N–H and O–H groups in total. The number of amides is 3. The van der Waals surface area contributed by atoms with Crippen LogP contribution < -0.4 is 5.32 Å². The predicted molar refractivity (Wildman–Crippen MR) is 118 cm³/mol. The summed E-state index contributed by atoms with van der Waals surface area (Å²) in [5.41, 5.74) is 0.850. The van der Waals surface area contributed by atoms with E-state index in [4.69, 9.17) is 11.6 Å². The number of pyridine rings is 2. The van der Waals surface area contributed by atoms with Gasteiger partial charge in [0.1, 0.15) is 17.5 Å². The van der Waals surface area contributed by atoms with Crippen LogP contribution in [0.4, 0.5) is 8.78 Å². The van der Waals surface area contributed by atoms with Crippen molar-refractivity contribution in [1.29, 1.82) is 0 Å². The minimum Gasteiger partial charge on any atom is -0.354 e. The fourth-order valence-corrected chi connectivity index (χ4v) is 4.00. The fourth-order valence-electron chi connectivity index (χ4n) is 3.79. The van der Waals surface area contributed by atoms with Crippen molar-refractivity contribution in [3.8, 4) is 11.3 Å². The lowest BCUT2D eigenvalue weighted by Gasteiger charge is -2.45. The average Bonchev–Trinajstić information content (AvgIpc) is 2.81. The van der Waals surface area contributed by atoms with Gasteiger partial charge < -0.3 is 15.1 Å². The number of hydrogen-bond donors (Lipinski definition) is 1. The van der Waals surface area contributed by atoms with Crippen LogP contribution in [0.25, 0.3) is 11.3 Å². The smallest absolute Gasteiger partial charge is 0.269 e. The van der Waals surface area contributed by atoms with Crippen LogP contribution in [0.5, 0.6) is 0 Å². The largest absolute Gasteiger partial charge is 0.354 e. The lowest BCUT2D eigenvalue weighted by Crippen LogP contribution is -2.58. The van der Waals surface area contributed by atoms with E-state index in [9.17, 15) is 23.2 Å². The number of nitrogens with zero attached hydrogens (tertiary/aromatic N) is 4. The number of aromatic nitrogens is 2. The molecule has 2 aromatic rings. The van der Waals surface area contributed by atoms with E-state index in [-0.39, 0.29) is 41.1 Å². The third-order valence-corrected chi connectivity index (χ3v) is 5.58. The van der Waals surface area contributed by atoms with Gasteiger partial charge in [-0.25, -0.2) is 14.4 Å². The van der Waals surface area contributed by atoms with E-state index in [0.717, 1.165) is 12.1 Å². The molecule has 33 heavy (non-hydrogen) atoms. The molecule has 2 aromatic heterocycles. The first-order valence-electron chi connectivity index (χ1n) is 10.0. The molecule has 1 aliphatic heterocycles. The molecular formula is C22H22ClF2N5O3. The van der Waals surface area contributed by atoms with Crippen LogP contribution in [0.2, 0.25) is 5.15 Å². The summed E-state index contributed by atoms with van der Waals surface area (Å²) in [6, 6.07) is 4.11. The first-order valence-corrected chi connectivity index (χ1v) is 10.4. The van der Waals surface area contributed by atoms with Gasteiger partial charge in [-0.3, -0.25) is 14.4 Å². The average molecular weight is 478 g/mol. The van der Waals surface area contributed by atoms with Crippen molar-refractivity contribution in [2.75, 3.05) is 26.8 Å². The Balaban J connectivity index is 2.08. The molecule has 3 amide bonds. The standard InChI is InChI=1S/C22H22ClF2N5O3/c1-4-21(32)30-11-18(29(12(2)31)10-15(30)9-24)14-6-16(27-19(23)7-14)13-5-17(22(33)26-3)28-20(25)8-13/h4-8,15,18H,1,9-11H2,2-3H3,(H,26,33)/t15-,18-/m0/s1. The van der Waals surface area contributed by atoms with Gasteiger partial charge >= 0.3 is 0 Å². The summed E-state index contributed by atoms with van der Waals surface area (Å²) < 4.78 is 27.7. The number of nitrogens with one attached hydrogen (secondary N) is 1. The van der Waals surface area contributed by atoms with Crippen LogP contribution in [-0.2, 0) is 9.59 Å². The zero-order chi connectivity index (χ0) is 24.3. The number of piperazine rings is 1. The van der Waals surface area contributed by atoms with Crippen LogP contribution in [0.1, 0.15) is 29.0 Å². The van der Waals surface area contributed by atoms with Crippen molar-refractivity contribution in [1.82, 2.24) is 25.1 Å². The molecule has 1 aliphatic rings. The van der Waals surface area contributed by atoms with E-state index < -0.39 is 36.5 Å². The fraction of sp³-hybridized carbons (Fsp3) is 0.318. The molecule has 3 heterocycles. The van der Waals surface area contributed by atoms with E-state index in [0.29, 0.717) is 5.56 Å². The van der Waals surface area contributed by atoms with Gasteiger partial charge in [-0.2, -0.15) is 4.39 Å². The maximum absolute atomic E-state index is 14.1. The van der Waals surface area contributed by atoms with Crippen LogP contribution in [-0.4, -0.2) is 70.3 Å². The first kappa shape index (κ1) is 24.2. The molecule has 0 spiro atoms. The molecule has 0 aliphatic carbocycles. The van der Waals surface area contributed by atoms with Gasteiger partial charge in [0.15, 0.2) is 0 Å². The van der Waals surface area contributed by atoms with Gasteiger partial charge in [0.05, 0.1) is 17.8 Å². The zero-order valence-corrected chi connectivity index (χ0v) is 18.8. The molecule has 0 saturated carbocycles. The molecule has 1 saturated heterocycles. The maximum atomic E-state index is 14.1. The molecule has 0 bridgehead atoms. The van der Waals surface area contributed by atoms with Crippen molar-refractivity contribution in [2.45, 2.75) is 19.0 Å². The molecular weight excluding hydrogens is 456 g/mol. The summed E-state index contributed by atoms with van der Waals surface area (Å²) in [5.74, 6) is -2.23. The number of carbonyl (C=O) groups is 3. The molecule has 0 radical (unpaired) electrons. The minimum atomic E-state index is -0.883. The quantitative estimate of drug-likeness (QED) is 0.527. The summed E-state index contributed by atoms with van der Waals surface area (Å²) in [6.45, 7) is 3.98. The van der Waals surface area contributed by atoms with Crippen LogP contribution >= 0.6 is 11.6 Å². The van der Waals surface area contributed by atoms with Crippen molar-refractivity contribution in [3.05, 3.63) is 59.3 Å². The Hall–Kier alpha value is -3.40. The van der Waals surface area contributed by atoms with Crippen molar-refractivity contribution in [3.63, 3.8) is 0 Å². The molecule has 1 fully saturated rings. The van der Waals surface area contributed by atoms with E-state index in [1.165, 1.54) is 35.9 Å². The molecule has 0 unspecified atom stereocenters. The summed E-state index contributed by atoms with van der Waals surface area (Å²) in [6.07, 6.45) is 1.09. The number of hydrogen-bond acceptors (Lipinski definition) is 5. The lowest BCUT2D eigenvalue weighted by molar-refractivity contribution is -0.143. The highest BCUT2D eigenvalue weighted by Crippen LogP contribution is 2.32. The molecule has 3 rings (SSSR count). The Kier molecular flexibility index (Phi) is 7.37. The second-order valence-corrected chi connectivity index (χ2v) is 7.83. The Labute approximate surface area is 194 Å². The second kappa shape index (κ2) is 10.0. The Bertz CT molecular complexity index is 1110. The summed E-state index contributed by atoms with van der Waals surface area (Å²) in [7, 11) is 1.39. The van der Waals surface area contributed by atoms with E-state index in [1.807, 2.05) is 0 Å². The number of alkyl halides is 1. The molecule has 11 heteroatoms. The van der Waals surface area contributed by atoms with E-state index >= 15 is 0 Å². The normalized spacial score (nSPS) is 18.1. The number of rotatable bonds is 5.